The number of thiophene rings is 1. The highest BCUT2D eigenvalue weighted by atomic mass is 32.1. The van der Waals surface area contributed by atoms with Crippen LogP contribution in [0.15, 0.2) is 24.0 Å². The van der Waals surface area contributed by atoms with Crippen molar-refractivity contribution in [2.45, 2.75) is 76.9 Å². The highest BCUT2D eigenvalue weighted by Crippen LogP contribution is 2.50. The first-order chi connectivity index (χ1) is 25.7. The molecule has 2 unspecified atom stereocenters. The van der Waals surface area contributed by atoms with Crippen molar-refractivity contribution < 1.29 is 27.8 Å². The number of nitrogen functional groups attached to an aromatic ring is 1. The lowest BCUT2D eigenvalue weighted by molar-refractivity contribution is 0.111. The first-order valence-electron chi connectivity index (χ1n) is 18.5. The summed E-state index contributed by atoms with van der Waals surface area (Å²) >= 11 is 0.976. The molecule has 53 heavy (non-hydrogen) atoms. The van der Waals surface area contributed by atoms with Gasteiger partial charge >= 0.3 is 6.01 Å². The predicted octanol–water partition coefficient (Wildman–Crippen LogP) is 6.42. The van der Waals surface area contributed by atoms with Gasteiger partial charge in [0.25, 0.3) is 0 Å². The molecule has 0 spiro atoms. The van der Waals surface area contributed by atoms with Crippen molar-refractivity contribution >= 4 is 43.1 Å². The molecule has 6 heterocycles. The minimum atomic E-state index is -0.606. The summed E-state index contributed by atoms with van der Waals surface area (Å²) in [6.45, 7) is 7.02. The highest BCUT2D eigenvalue weighted by Gasteiger charge is 2.46. The number of aliphatic hydroxyl groups excluding tert-OH is 1. The largest absolute Gasteiger partial charge is 0.463 e. The second-order valence-corrected chi connectivity index (χ2v) is 16.7. The van der Waals surface area contributed by atoms with Crippen LogP contribution in [-0.2, 0) is 18.0 Å². The van der Waals surface area contributed by atoms with Gasteiger partial charge in [0.05, 0.1) is 47.9 Å². The molecule has 3 atom stereocenters. The summed E-state index contributed by atoms with van der Waals surface area (Å²) in [6, 6.07) is 5.20. The number of benzene rings is 2. The summed E-state index contributed by atoms with van der Waals surface area (Å²) in [4.78, 5) is 16.9. The van der Waals surface area contributed by atoms with Gasteiger partial charge in [0.15, 0.2) is 5.82 Å². The summed E-state index contributed by atoms with van der Waals surface area (Å²) < 4.78 is 58.5. The van der Waals surface area contributed by atoms with E-state index in [1.165, 1.54) is 12.1 Å². The van der Waals surface area contributed by atoms with Gasteiger partial charge in [-0.2, -0.15) is 15.2 Å². The number of hydrogen-bond acceptors (Lipinski definition) is 11. The number of anilines is 2. The van der Waals surface area contributed by atoms with Crippen molar-refractivity contribution in [1.82, 2.24) is 19.8 Å². The van der Waals surface area contributed by atoms with Crippen LogP contribution >= 0.6 is 11.3 Å². The first kappa shape index (κ1) is 34.7. The molecule has 1 saturated carbocycles. The lowest BCUT2D eigenvalue weighted by Crippen LogP contribution is -2.55. The molecule has 2 aromatic carbocycles. The van der Waals surface area contributed by atoms with E-state index in [-0.39, 0.29) is 68.5 Å². The van der Waals surface area contributed by atoms with Crippen LogP contribution in [0.1, 0.15) is 62.1 Å². The molecule has 3 saturated heterocycles. The maximum absolute atomic E-state index is 17.6. The highest BCUT2D eigenvalue weighted by molar-refractivity contribution is 7.23. The van der Waals surface area contributed by atoms with Gasteiger partial charge < -0.3 is 30.1 Å². The second kappa shape index (κ2) is 13.4. The van der Waals surface area contributed by atoms with E-state index in [1.54, 1.807) is 6.92 Å². The molecule has 4 aliphatic heterocycles. The lowest BCUT2D eigenvalue weighted by Gasteiger charge is -2.42. The number of piperazine rings is 1. The Bertz CT molecular complexity index is 2170. The summed E-state index contributed by atoms with van der Waals surface area (Å²) in [5, 5.41) is 21.3. The molecule has 3 N–H and O–H groups in total. The number of ether oxygens (including phenoxy) is 2. The third-order valence-corrected chi connectivity index (χ3v) is 13.0. The number of aliphatic hydroxyl groups is 1. The number of hydrogen-bond donors (Lipinski definition) is 2. The van der Waals surface area contributed by atoms with Crippen LogP contribution in [0.2, 0.25) is 0 Å². The first-order valence-corrected chi connectivity index (χ1v) is 19.3. The molecular weight excluding hydrogens is 704 g/mol. The monoisotopic (exact) mass is 745 g/mol. The molecule has 1 aliphatic carbocycles. The Morgan fingerprint density at radius 3 is 2.53 bits per heavy atom. The van der Waals surface area contributed by atoms with E-state index in [9.17, 15) is 14.8 Å². The van der Waals surface area contributed by atoms with Crippen molar-refractivity contribution in [3.05, 3.63) is 52.4 Å². The number of nitriles is 1. The minimum absolute atomic E-state index is 0.0805. The number of likely N-dealkylation sites (tertiary alicyclic amines) is 2. The fourth-order valence-corrected chi connectivity index (χ4v) is 10.2. The molecule has 4 aromatic rings. The maximum Gasteiger partial charge on any atom is 0.319 e. The van der Waals surface area contributed by atoms with Gasteiger partial charge in [0.1, 0.15) is 28.2 Å². The molecule has 9 rings (SSSR count). The second-order valence-electron chi connectivity index (χ2n) is 15.6. The van der Waals surface area contributed by atoms with Gasteiger partial charge in [-0.1, -0.05) is 6.07 Å². The van der Waals surface area contributed by atoms with Crippen molar-refractivity contribution in [2.24, 2.45) is 5.41 Å². The number of aromatic nitrogens is 2. The van der Waals surface area contributed by atoms with Gasteiger partial charge in [0.2, 0.25) is 0 Å². The van der Waals surface area contributed by atoms with Crippen LogP contribution < -0.4 is 15.4 Å². The number of nitrogens with two attached hydrogens (primary N) is 1. The van der Waals surface area contributed by atoms with Crippen LogP contribution in [0, 0.1) is 28.4 Å². The number of halogens is 3. The van der Waals surface area contributed by atoms with E-state index in [0.29, 0.717) is 35.5 Å². The third-order valence-electron chi connectivity index (χ3n) is 12.0. The van der Waals surface area contributed by atoms with Crippen molar-refractivity contribution in [3.8, 4) is 23.2 Å². The average molecular weight is 746 g/mol. The predicted molar refractivity (Wildman–Crippen MR) is 197 cm³/mol. The summed E-state index contributed by atoms with van der Waals surface area (Å²) in [6.07, 6.45) is 5.58. The van der Waals surface area contributed by atoms with E-state index in [4.69, 9.17) is 25.2 Å². The third kappa shape index (κ3) is 6.01. The molecule has 4 fully saturated rings. The van der Waals surface area contributed by atoms with Crippen LogP contribution in [0.4, 0.5) is 24.0 Å². The summed E-state index contributed by atoms with van der Waals surface area (Å²) in [5.74, 6) is -0.514. The van der Waals surface area contributed by atoms with Crippen molar-refractivity contribution in [3.63, 3.8) is 0 Å². The number of rotatable bonds is 9. The molecule has 2 aromatic heterocycles. The zero-order valence-corrected chi connectivity index (χ0v) is 30.5. The molecule has 278 valence electrons. The lowest BCUT2D eigenvalue weighted by atomic mass is 9.90. The van der Waals surface area contributed by atoms with Gasteiger partial charge in [0, 0.05) is 67.7 Å². The molecule has 2 bridgehead atoms. The van der Waals surface area contributed by atoms with Crippen molar-refractivity contribution in [2.75, 3.05) is 56.5 Å². The van der Waals surface area contributed by atoms with Gasteiger partial charge in [-0.15, -0.1) is 11.3 Å². The van der Waals surface area contributed by atoms with Crippen molar-refractivity contribution in [1.29, 1.82) is 5.26 Å². The Morgan fingerprint density at radius 2 is 1.85 bits per heavy atom. The molecular formula is C39H42F3N7O3S. The smallest absolute Gasteiger partial charge is 0.319 e. The number of piperidine rings is 1. The number of β-amino-alcohol motifs (C(OH)–C–C–N with tert-alkyl or cyclic N) is 1. The standard InChI is InChI=1S/C39H42F3N7O3S/c1-21(50)14-48-15-23-2-3-24(16-48)49(23)37-32-28-18-51-17-27(28)30(25-4-5-29(41)35-31(25)26(13-43)36(44)53-35)33(42)34(32)45-38(46-37)52-20-39(8-9-39)19-47-10-6-22(12-40)7-11-47/h4-5,12,21,23-24,50H,2-3,6-11,14-20,44H2,1H3/t21-,23?,24?/m1/s1. The Balaban J connectivity index is 1.16. The van der Waals surface area contributed by atoms with E-state index in [0.717, 1.165) is 100 Å². The van der Waals surface area contributed by atoms with E-state index < -0.39 is 17.7 Å². The fourth-order valence-electron chi connectivity index (χ4n) is 9.22. The Kier molecular flexibility index (Phi) is 8.78. The van der Waals surface area contributed by atoms with E-state index in [1.807, 2.05) is 0 Å². The minimum Gasteiger partial charge on any atom is -0.463 e. The maximum atomic E-state index is 17.6. The zero-order valence-electron chi connectivity index (χ0n) is 29.6. The Hall–Kier alpha value is -4.00. The van der Waals surface area contributed by atoms with Crippen LogP contribution in [0.5, 0.6) is 6.01 Å². The number of fused-ring (bicyclic) bond motifs is 6. The molecule has 0 amide bonds. The Labute approximate surface area is 309 Å². The summed E-state index contributed by atoms with van der Waals surface area (Å²) in [5.41, 5.74) is 9.15. The topological polar surface area (TPSA) is 124 Å². The molecule has 0 radical (unpaired) electrons. The molecule has 5 aliphatic rings. The average Bonchev–Trinajstić information content (AvgIpc) is 3.42. The SMILES string of the molecule is C[C@@H](O)CN1CC2CCC(C1)N2c1nc(OCC2(CN3CCC(=CF)CC3)CC2)nc2c(F)c(-c3ccc(F)c4sc(N)c(C#N)c34)c3c(c12)COC3. The van der Waals surface area contributed by atoms with Crippen LogP contribution in [0.3, 0.4) is 0 Å². The molecule has 10 nitrogen and oxygen atoms in total. The van der Waals surface area contributed by atoms with Crippen LogP contribution in [0.25, 0.3) is 32.1 Å². The fraction of sp³-hybridized carbons (Fsp3) is 0.513. The van der Waals surface area contributed by atoms with E-state index >= 15 is 8.78 Å². The quantitative estimate of drug-likeness (QED) is 0.199. The van der Waals surface area contributed by atoms with Gasteiger partial charge in [-0.25, -0.2) is 13.2 Å². The number of nitrogens with zero attached hydrogens (tertiary/aromatic N) is 6. The molecule has 14 heteroatoms. The van der Waals surface area contributed by atoms with Crippen LogP contribution in [-0.4, -0.2) is 88.9 Å². The normalized spacial score (nSPS) is 23.1. The summed E-state index contributed by atoms with van der Waals surface area (Å²) in [7, 11) is 0. The zero-order chi connectivity index (χ0) is 36.6. The van der Waals surface area contributed by atoms with Gasteiger partial charge in [-0.05, 0) is 73.8 Å². The van der Waals surface area contributed by atoms with Gasteiger partial charge in [-0.3, -0.25) is 4.90 Å². The van der Waals surface area contributed by atoms with E-state index in [2.05, 4.69) is 20.8 Å². The Morgan fingerprint density at radius 1 is 1.11 bits per heavy atom.